The van der Waals surface area contributed by atoms with E-state index in [9.17, 15) is 9.90 Å². The molecule has 0 radical (unpaired) electrons. The quantitative estimate of drug-likeness (QED) is 0.791. The van der Waals surface area contributed by atoms with Crippen molar-refractivity contribution in [1.82, 2.24) is 5.32 Å². The number of carbonyl (C=O) groups excluding carboxylic acids is 1. The lowest BCUT2D eigenvalue weighted by Crippen LogP contribution is -2.36. The van der Waals surface area contributed by atoms with Gasteiger partial charge in [-0.2, -0.15) is 0 Å². The van der Waals surface area contributed by atoms with Crippen LogP contribution in [0.25, 0.3) is 0 Å². The molecule has 1 aromatic rings. The van der Waals surface area contributed by atoms with Gasteiger partial charge in [0, 0.05) is 12.5 Å². The van der Waals surface area contributed by atoms with E-state index in [0.29, 0.717) is 24.5 Å². The Morgan fingerprint density at radius 3 is 2.90 bits per heavy atom. The summed E-state index contributed by atoms with van der Waals surface area (Å²) in [5.41, 5.74) is 0.518. The van der Waals surface area contributed by atoms with Crippen molar-refractivity contribution < 1.29 is 14.6 Å². The number of nitrogens with one attached hydrogen (secondary N) is 1. The van der Waals surface area contributed by atoms with Gasteiger partial charge in [-0.15, -0.1) is 0 Å². The lowest BCUT2D eigenvalue weighted by molar-refractivity contribution is 0.0662. The Morgan fingerprint density at radius 1 is 1.38 bits per heavy atom. The summed E-state index contributed by atoms with van der Waals surface area (Å²) in [7, 11) is 0. The lowest BCUT2D eigenvalue weighted by Gasteiger charge is -2.27. The zero-order valence-electron chi connectivity index (χ0n) is 12.3. The van der Waals surface area contributed by atoms with Crippen molar-refractivity contribution >= 4 is 5.91 Å². The van der Waals surface area contributed by atoms with E-state index < -0.39 is 0 Å². The third-order valence-corrected chi connectivity index (χ3v) is 3.88. The molecular weight excluding hydrogens is 266 g/mol. The van der Waals surface area contributed by atoms with Gasteiger partial charge in [-0.1, -0.05) is 37.6 Å². The Hall–Kier alpha value is -1.81. The SMILES string of the molecule is C=CCOc1ccccc1C(=O)NCC1CCCCC1O. The third kappa shape index (κ3) is 4.33. The molecule has 0 heterocycles. The van der Waals surface area contributed by atoms with Crippen molar-refractivity contribution in [2.45, 2.75) is 31.8 Å². The molecule has 114 valence electrons. The van der Waals surface area contributed by atoms with Crippen molar-refractivity contribution in [3.05, 3.63) is 42.5 Å². The van der Waals surface area contributed by atoms with Crippen LogP contribution >= 0.6 is 0 Å². The molecule has 4 nitrogen and oxygen atoms in total. The standard InChI is InChI=1S/C17H23NO3/c1-2-11-21-16-10-6-4-8-14(16)17(20)18-12-13-7-3-5-9-15(13)19/h2,4,6,8,10,13,15,19H,1,3,5,7,9,11-12H2,(H,18,20). The van der Waals surface area contributed by atoms with Gasteiger partial charge in [0.15, 0.2) is 0 Å². The van der Waals surface area contributed by atoms with Crippen LogP contribution in [0.4, 0.5) is 0 Å². The van der Waals surface area contributed by atoms with E-state index in [4.69, 9.17) is 4.74 Å². The second kappa shape index (κ2) is 7.84. The second-order valence-electron chi connectivity index (χ2n) is 5.42. The second-order valence-corrected chi connectivity index (χ2v) is 5.42. The van der Waals surface area contributed by atoms with Crippen LogP contribution in [0.2, 0.25) is 0 Å². The highest BCUT2D eigenvalue weighted by molar-refractivity contribution is 5.96. The zero-order valence-corrected chi connectivity index (χ0v) is 12.3. The van der Waals surface area contributed by atoms with Crippen LogP contribution in [0.3, 0.4) is 0 Å². The number of aliphatic hydroxyl groups excluding tert-OH is 1. The maximum absolute atomic E-state index is 12.3. The smallest absolute Gasteiger partial charge is 0.255 e. The van der Waals surface area contributed by atoms with Gasteiger partial charge in [-0.05, 0) is 25.0 Å². The fourth-order valence-corrected chi connectivity index (χ4v) is 2.67. The molecule has 0 spiro atoms. The van der Waals surface area contributed by atoms with E-state index in [1.165, 1.54) is 0 Å². The first-order chi connectivity index (χ1) is 10.2. The minimum Gasteiger partial charge on any atom is -0.489 e. The maximum Gasteiger partial charge on any atom is 0.255 e. The number of para-hydroxylation sites is 1. The Labute approximate surface area is 125 Å². The molecule has 0 aliphatic heterocycles. The van der Waals surface area contributed by atoms with Crippen LogP contribution < -0.4 is 10.1 Å². The summed E-state index contributed by atoms with van der Waals surface area (Å²) in [6, 6.07) is 7.16. The highest BCUT2D eigenvalue weighted by Gasteiger charge is 2.23. The molecule has 1 aliphatic rings. The number of carbonyl (C=O) groups is 1. The third-order valence-electron chi connectivity index (χ3n) is 3.88. The number of hydrogen-bond acceptors (Lipinski definition) is 3. The van der Waals surface area contributed by atoms with Gasteiger partial charge in [0.05, 0.1) is 11.7 Å². The molecule has 2 atom stereocenters. The zero-order chi connectivity index (χ0) is 15.1. The molecule has 1 aromatic carbocycles. The predicted octanol–water partition coefficient (Wildman–Crippen LogP) is 2.53. The van der Waals surface area contributed by atoms with Crippen LogP contribution in [0.5, 0.6) is 5.75 Å². The summed E-state index contributed by atoms with van der Waals surface area (Å²) in [6.07, 6.45) is 5.34. The summed E-state index contributed by atoms with van der Waals surface area (Å²) in [5, 5.41) is 12.8. The molecular formula is C17H23NO3. The van der Waals surface area contributed by atoms with Crippen molar-refractivity contribution in [3.63, 3.8) is 0 Å². The number of aliphatic hydroxyl groups is 1. The number of amides is 1. The Balaban J connectivity index is 1.95. The molecule has 1 aliphatic carbocycles. The van der Waals surface area contributed by atoms with Gasteiger partial charge < -0.3 is 15.2 Å². The molecule has 2 N–H and O–H groups in total. The average molecular weight is 289 g/mol. The Morgan fingerprint density at radius 2 is 2.14 bits per heavy atom. The minimum absolute atomic E-state index is 0.156. The van der Waals surface area contributed by atoms with Gasteiger partial charge in [0.1, 0.15) is 12.4 Å². The van der Waals surface area contributed by atoms with Gasteiger partial charge in [0.25, 0.3) is 5.91 Å². The first kappa shape index (κ1) is 15.6. The van der Waals surface area contributed by atoms with E-state index in [-0.39, 0.29) is 17.9 Å². The van der Waals surface area contributed by atoms with Crippen LogP contribution in [-0.4, -0.2) is 30.3 Å². The molecule has 1 amide bonds. The predicted molar refractivity (Wildman–Crippen MR) is 82.4 cm³/mol. The largest absolute Gasteiger partial charge is 0.489 e. The van der Waals surface area contributed by atoms with Crippen molar-refractivity contribution in [1.29, 1.82) is 0 Å². The number of ether oxygens (including phenoxy) is 1. The van der Waals surface area contributed by atoms with E-state index in [1.54, 1.807) is 18.2 Å². The highest BCUT2D eigenvalue weighted by Crippen LogP contribution is 2.24. The van der Waals surface area contributed by atoms with E-state index in [0.717, 1.165) is 25.7 Å². The summed E-state index contributed by atoms with van der Waals surface area (Å²) in [6.45, 7) is 4.48. The minimum atomic E-state index is -0.300. The van der Waals surface area contributed by atoms with Gasteiger partial charge in [0.2, 0.25) is 0 Å². The molecule has 0 bridgehead atoms. The molecule has 2 rings (SSSR count). The van der Waals surface area contributed by atoms with Crippen molar-refractivity contribution in [2.75, 3.05) is 13.2 Å². The maximum atomic E-state index is 12.3. The van der Waals surface area contributed by atoms with Crippen molar-refractivity contribution in [3.8, 4) is 5.75 Å². The first-order valence-electron chi connectivity index (χ1n) is 7.51. The van der Waals surface area contributed by atoms with E-state index in [2.05, 4.69) is 11.9 Å². The van der Waals surface area contributed by atoms with Crippen LogP contribution in [0.1, 0.15) is 36.0 Å². The van der Waals surface area contributed by atoms with Crippen molar-refractivity contribution in [2.24, 2.45) is 5.92 Å². The van der Waals surface area contributed by atoms with Crippen LogP contribution in [-0.2, 0) is 0 Å². The molecule has 1 fully saturated rings. The van der Waals surface area contributed by atoms with Crippen LogP contribution in [0, 0.1) is 5.92 Å². The Bertz CT molecular complexity index is 487. The molecule has 0 saturated heterocycles. The molecule has 1 saturated carbocycles. The molecule has 0 aromatic heterocycles. The molecule has 4 heteroatoms. The van der Waals surface area contributed by atoms with Crippen LogP contribution in [0.15, 0.2) is 36.9 Å². The fraction of sp³-hybridized carbons (Fsp3) is 0.471. The normalized spacial score (nSPS) is 21.6. The lowest BCUT2D eigenvalue weighted by atomic mass is 9.86. The summed E-state index contributed by atoms with van der Waals surface area (Å²) < 4.78 is 5.49. The summed E-state index contributed by atoms with van der Waals surface area (Å²) >= 11 is 0. The monoisotopic (exact) mass is 289 g/mol. The van der Waals surface area contributed by atoms with E-state index in [1.807, 2.05) is 12.1 Å². The number of hydrogen-bond donors (Lipinski definition) is 2. The fourth-order valence-electron chi connectivity index (χ4n) is 2.67. The molecule has 21 heavy (non-hydrogen) atoms. The van der Waals surface area contributed by atoms with Gasteiger partial charge >= 0.3 is 0 Å². The van der Waals surface area contributed by atoms with Gasteiger partial charge in [-0.25, -0.2) is 0 Å². The average Bonchev–Trinajstić information content (AvgIpc) is 2.52. The van der Waals surface area contributed by atoms with E-state index >= 15 is 0 Å². The number of rotatable bonds is 6. The number of benzene rings is 1. The Kier molecular flexibility index (Phi) is 5.81. The first-order valence-corrected chi connectivity index (χ1v) is 7.51. The van der Waals surface area contributed by atoms with Gasteiger partial charge in [-0.3, -0.25) is 4.79 Å². The topological polar surface area (TPSA) is 58.6 Å². The summed E-state index contributed by atoms with van der Waals surface area (Å²) in [4.78, 5) is 12.3. The highest BCUT2D eigenvalue weighted by atomic mass is 16.5. The summed E-state index contributed by atoms with van der Waals surface area (Å²) in [5.74, 6) is 0.551. The molecule has 2 unspecified atom stereocenters.